The topological polar surface area (TPSA) is 61.3 Å². The number of halogens is 1. The summed E-state index contributed by atoms with van der Waals surface area (Å²) in [6, 6.07) is 12.2. The van der Waals surface area contributed by atoms with E-state index in [9.17, 15) is 0 Å². The predicted octanol–water partition coefficient (Wildman–Crippen LogP) is 3.30. The summed E-state index contributed by atoms with van der Waals surface area (Å²) >= 11 is 5.98. The Labute approximate surface area is 98.6 Å². The number of nitrogen functional groups attached to an aromatic ring is 2. The standard InChI is InChI=1S/C12H11ClN2O/c13-11-7-9(15)4-5-12(11)16-10-3-1-2-8(14)6-10/h1-7H,14-15H2. The van der Waals surface area contributed by atoms with Crippen LogP contribution in [0.4, 0.5) is 11.4 Å². The van der Waals surface area contributed by atoms with E-state index in [1.54, 1.807) is 30.3 Å². The van der Waals surface area contributed by atoms with E-state index in [0.29, 0.717) is 27.9 Å². The van der Waals surface area contributed by atoms with Gasteiger partial charge in [-0.3, -0.25) is 0 Å². The number of ether oxygens (including phenoxy) is 1. The number of nitrogens with two attached hydrogens (primary N) is 2. The minimum Gasteiger partial charge on any atom is -0.456 e. The Bertz CT molecular complexity index is 514. The Balaban J connectivity index is 2.27. The van der Waals surface area contributed by atoms with Gasteiger partial charge in [-0.2, -0.15) is 0 Å². The summed E-state index contributed by atoms with van der Waals surface area (Å²) in [7, 11) is 0. The molecule has 2 rings (SSSR count). The number of anilines is 2. The van der Waals surface area contributed by atoms with Crippen LogP contribution in [0.1, 0.15) is 0 Å². The van der Waals surface area contributed by atoms with Crippen LogP contribution in [0.3, 0.4) is 0 Å². The van der Waals surface area contributed by atoms with Crippen LogP contribution >= 0.6 is 11.6 Å². The third-order valence-electron chi connectivity index (χ3n) is 2.04. The number of hydrogen-bond acceptors (Lipinski definition) is 3. The van der Waals surface area contributed by atoms with Crippen LogP contribution in [-0.4, -0.2) is 0 Å². The van der Waals surface area contributed by atoms with Gasteiger partial charge in [0, 0.05) is 17.4 Å². The first-order chi connectivity index (χ1) is 7.65. The Morgan fingerprint density at radius 3 is 2.38 bits per heavy atom. The highest BCUT2D eigenvalue weighted by Gasteiger charge is 2.03. The molecule has 16 heavy (non-hydrogen) atoms. The van der Waals surface area contributed by atoms with Crippen LogP contribution in [0.15, 0.2) is 42.5 Å². The lowest BCUT2D eigenvalue weighted by molar-refractivity contribution is 0.483. The quantitative estimate of drug-likeness (QED) is 0.784. The predicted molar refractivity (Wildman–Crippen MR) is 66.8 cm³/mol. The zero-order valence-electron chi connectivity index (χ0n) is 8.48. The van der Waals surface area contributed by atoms with E-state index in [1.165, 1.54) is 0 Å². The zero-order valence-corrected chi connectivity index (χ0v) is 9.24. The molecule has 0 fully saturated rings. The minimum absolute atomic E-state index is 0.474. The molecular weight excluding hydrogens is 224 g/mol. The number of hydrogen-bond donors (Lipinski definition) is 2. The molecule has 0 saturated heterocycles. The number of benzene rings is 2. The lowest BCUT2D eigenvalue weighted by Gasteiger charge is -2.08. The monoisotopic (exact) mass is 234 g/mol. The van der Waals surface area contributed by atoms with Gasteiger partial charge in [0.2, 0.25) is 0 Å². The average Bonchev–Trinajstić information content (AvgIpc) is 2.22. The Hall–Kier alpha value is -1.87. The molecule has 0 heterocycles. The van der Waals surface area contributed by atoms with Crippen molar-refractivity contribution in [2.24, 2.45) is 0 Å². The van der Waals surface area contributed by atoms with E-state index in [-0.39, 0.29) is 0 Å². The molecular formula is C12H11ClN2O. The molecule has 4 heteroatoms. The summed E-state index contributed by atoms with van der Waals surface area (Å²) in [5.41, 5.74) is 12.5. The highest BCUT2D eigenvalue weighted by Crippen LogP contribution is 2.31. The van der Waals surface area contributed by atoms with Crippen LogP contribution in [0.5, 0.6) is 11.5 Å². The fraction of sp³-hybridized carbons (Fsp3) is 0. The Kier molecular flexibility index (Phi) is 2.88. The van der Waals surface area contributed by atoms with Gasteiger partial charge in [0.05, 0.1) is 5.02 Å². The molecule has 0 spiro atoms. The van der Waals surface area contributed by atoms with Crippen molar-refractivity contribution in [1.82, 2.24) is 0 Å². The largest absolute Gasteiger partial charge is 0.456 e. The van der Waals surface area contributed by atoms with E-state index < -0.39 is 0 Å². The zero-order chi connectivity index (χ0) is 11.5. The van der Waals surface area contributed by atoms with Crippen LogP contribution in [-0.2, 0) is 0 Å². The van der Waals surface area contributed by atoms with Crippen molar-refractivity contribution < 1.29 is 4.74 Å². The van der Waals surface area contributed by atoms with Gasteiger partial charge in [-0.1, -0.05) is 17.7 Å². The van der Waals surface area contributed by atoms with Gasteiger partial charge in [-0.05, 0) is 30.3 Å². The van der Waals surface area contributed by atoms with Crippen LogP contribution in [0.2, 0.25) is 5.02 Å². The lowest BCUT2D eigenvalue weighted by Crippen LogP contribution is -1.90. The summed E-state index contributed by atoms with van der Waals surface area (Å²) in [4.78, 5) is 0. The molecule has 0 unspecified atom stereocenters. The van der Waals surface area contributed by atoms with Crippen LogP contribution in [0.25, 0.3) is 0 Å². The van der Waals surface area contributed by atoms with Crippen LogP contribution in [0, 0.1) is 0 Å². The fourth-order valence-corrected chi connectivity index (χ4v) is 1.53. The van der Waals surface area contributed by atoms with E-state index in [2.05, 4.69) is 0 Å². The molecule has 0 amide bonds. The van der Waals surface area contributed by atoms with Crippen molar-refractivity contribution in [2.75, 3.05) is 11.5 Å². The van der Waals surface area contributed by atoms with Crippen molar-refractivity contribution in [3.63, 3.8) is 0 Å². The number of rotatable bonds is 2. The van der Waals surface area contributed by atoms with Crippen LogP contribution < -0.4 is 16.2 Å². The molecule has 2 aromatic rings. The fourth-order valence-electron chi connectivity index (χ4n) is 1.30. The van der Waals surface area contributed by atoms with Gasteiger partial charge >= 0.3 is 0 Å². The second-order valence-electron chi connectivity index (χ2n) is 3.36. The molecule has 0 aromatic heterocycles. The third kappa shape index (κ3) is 2.38. The van der Waals surface area contributed by atoms with E-state index in [4.69, 9.17) is 27.8 Å². The first-order valence-corrected chi connectivity index (χ1v) is 5.11. The maximum absolute atomic E-state index is 5.98. The molecule has 4 N–H and O–H groups in total. The summed E-state index contributed by atoms with van der Waals surface area (Å²) in [6.07, 6.45) is 0. The van der Waals surface area contributed by atoms with E-state index in [0.717, 1.165) is 0 Å². The molecule has 0 radical (unpaired) electrons. The lowest BCUT2D eigenvalue weighted by atomic mass is 10.3. The van der Waals surface area contributed by atoms with E-state index in [1.807, 2.05) is 12.1 Å². The van der Waals surface area contributed by atoms with Gasteiger partial charge < -0.3 is 16.2 Å². The average molecular weight is 235 g/mol. The molecule has 0 saturated carbocycles. The highest BCUT2D eigenvalue weighted by atomic mass is 35.5. The molecule has 0 atom stereocenters. The molecule has 0 aliphatic carbocycles. The van der Waals surface area contributed by atoms with Crippen molar-refractivity contribution in [3.05, 3.63) is 47.5 Å². The Morgan fingerprint density at radius 1 is 0.938 bits per heavy atom. The molecule has 0 aliphatic rings. The maximum atomic E-state index is 5.98. The summed E-state index contributed by atoms with van der Waals surface area (Å²) < 4.78 is 5.58. The molecule has 3 nitrogen and oxygen atoms in total. The first-order valence-electron chi connectivity index (χ1n) is 4.73. The van der Waals surface area contributed by atoms with Crippen molar-refractivity contribution in [3.8, 4) is 11.5 Å². The SMILES string of the molecule is Nc1cccc(Oc2ccc(N)cc2Cl)c1. The normalized spacial score (nSPS) is 10.1. The van der Waals surface area contributed by atoms with Crippen molar-refractivity contribution in [2.45, 2.75) is 0 Å². The second-order valence-corrected chi connectivity index (χ2v) is 3.77. The van der Waals surface area contributed by atoms with Crippen molar-refractivity contribution >= 4 is 23.0 Å². The van der Waals surface area contributed by atoms with E-state index >= 15 is 0 Å². The van der Waals surface area contributed by atoms with Gasteiger partial charge in [-0.25, -0.2) is 0 Å². The Morgan fingerprint density at radius 2 is 1.69 bits per heavy atom. The third-order valence-corrected chi connectivity index (χ3v) is 2.34. The molecule has 0 bridgehead atoms. The van der Waals surface area contributed by atoms with Gasteiger partial charge in [0.15, 0.2) is 0 Å². The van der Waals surface area contributed by atoms with Gasteiger partial charge in [0.1, 0.15) is 11.5 Å². The molecule has 0 aliphatic heterocycles. The van der Waals surface area contributed by atoms with Gasteiger partial charge in [0.25, 0.3) is 0 Å². The van der Waals surface area contributed by atoms with Crippen molar-refractivity contribution in [1.29, 1.82) is 0 Å². The highest BCUT2D eigenvalue weighted by molar-refractivity contribution is 6.32. The maximum Gasteiger partial charge on any atom is 0.146 e. The summed E-state index contributed by atoms with van der Waals surface area (Å²) in [5.74, 6) is 1.20. The molecule has 2 aromatic carbocycles. The minimum atomic E-state index is 0.474. The first kappa shape index (κ1) is 10.6. The summed E-state index contributed by atoms with van der Waals surface area (Å²) in [5, 5.41) is 0.474. The molecule has 82 valence electrons. The summed E-state index contributed by atoms with van der Waals surface area (Å²) in [6.45, 7) is 0. The second kappa shape index (κ2) is 4.33. The smallest absolute Gasteiger partial charge is 0.146 e. The van der Waals surface area contributed by atoms with Gasteiger partial charge in [-0.15, -0.1) is 0 Å².